The van der Waals surface area contributed by atoms with E-state index in [1.54, 1.807) is 28.9 Å². The topological polar surface area (TPSA) is 70.9 Å². The molecule has 0 saturated heterocycles. The summed E-state index contributed by atoms with van der Waals surface area (Å²) in [6, 6.07) is 14.0. The number of nitrogens with zero attached hydrogens (tertiary/aromatic N) is 2. The number of hydrogen-bond donors (Lipinski definition) is 2. The smallest absolute Gasteiger partial charge is 0.335 e. The molecule has 116 valence electrons. The number of hydrogen-bond acceptors (Lipinski definition) is 3. The van der Waals surface area contributed by atoms with Crippen LogP contribution in [0, 0.1) is 4.77 Å². The molecule has 0 aliphatic rings. The van der Waals surface area contributed by atoms with E-state index in [9.17, 15) is 4.79 Å². The Balaban J connectivity index is 1.93. The fraction of sp³-hybridized carbons (Fsp3) is 0.0625. The quantitative estimate of drug-likeness (QED) is 0.701. The molecule has 7 heteroatoms. The van der Waals surface area contributed by atoms with Gasteiger partial charge in [0.2, 0.25) is 4.77 Å². The number of carboxylic acid groups (broad SMARTS) is 1. The van der Waals surface area contributed by atoms with Crippen molar-refractivity contribution in [3.8, 4) is 11.4 Å². The van der Waals surface area contributed by atoms with Crippen molar-refractivity contribution >= 4 is 29.8 Å². The number of aromatic carboxylic acids is 1. The van der Waals surface area contributed by atoms with Crippen LogP contribution in [0.5, 0.6) is 0 Å². The Kier molecular flexibility index (Phi) is 4.27. The van der Waals surface area contributed by atoms with E-state index in [-0.39, 0.29) is 5.56 Å². The largest absolute Gasteiger partial charge is 0.478 e. The molecule has 0 fully saturated rings. The minimum atomic E-state index is -0.983. The van der Waals surface area contributed by atoms with Crippen molar-refractivity contribution in [1.29, 1.82) is 0 Å². The lowest BCUT2D eigenvalue weighted by atomic mass is 10.1. The first-order chi connectivity index (χ1) is 11.0. The van der Waals surface area contributed by atoms with Crippen molar-refractivity contribution in [3.05, 3.63) is 69.5 Å². The predicted molar refractivity (Wildman–Crippen MR) is 90.4 cm³/mol. The van der Waals surface area contributed by atoms with Gasteiger partial charge in [-0.25, -0.2) is 4.79 Å². The van der Waals surface area contributed by atoms with E-state index in [4.69, 9.17) is 28.9 Å². The third kappa shape index (κ3) is 3.49. The minimum absolute atomic E-state index is 0.200. The van der Waals surface area contributed by atoms with E-state index in [0.717, 1.165) is 5.56 Å². The molecule has 0 aliphatic heterocycles. The molecule has 23 heavy (non-hydrogen) atoms. The van der Waals surface area contributed by atoms with Crippen molar-refractivity contribution in [3.63, 3.8) is 0 Å². The highest BCUT2D eigenvalue weighted by Gasteiger charge is 2.09. The third-order valence-electron chi connectivity index (χ3n) is 3.29. The molecule has 0 aliphatic carbocycles. The second-order valence-electron chi connectivity index (χ2n) is 4.96. The van der Waals surface area contributed by atoms with Crippen LogP contribution in [-0.4, -0.2) is 25.8 Å². The molecule has 0 radical (unpaired) electrons. The molecule has 1 aromatic heterocycles. The van der Waals surface area contributed by atoms with Gasteiger partial charge in [0.15, 0.2) is 5.82 Å². The van der Waals surface area contributed by atoms with Crippen LogP contribution < -0.4 is 0 Å². The van der Waals surface area contributed by atoms with Crippen molar-refractivity contribution in [1.82, 2.24) is 14.8 Å². The maximum atomic E-state index is 11.1. The van der Waals surface area contributed by atoms with Crippen LogP contribution in [-0.2, 0) is 6.54 Å². The molecule has 3 rings (SSSR count). The summed E-state index contributed by atoms with van der Waals surface area (Å²) < 4.78 is 2.10. The number of carboxylic acids is 1. The summed E-state index contributed by atoms with van der Waals surface area (Å²) in [5, 5.41) is 12.8. The standard InChI is InChI=1S/C16H12ClN3O2S/c17-13-6-1-3-10(7-13)9-20-16(23)18-14(19-20)11-4-2-5-12(8-11)15(21)22/h1-8H,9H2,(H,21,22)(H,18,19,23). The van der Waals surface area contributed by atoms with E-state index in [0.29, 0.717) is 27.7 Å². The van der Waals surface area contributed by atoms with E-state index in [1.165, 1.54) is 6.07 Å². The predicted octanol–water partition coefficient (Wildman–Crippen LogP) is 4.01. The molecule has 0 spiro atoms. The van der Waals surface area contributed by atoms with Gasteiger partial charge in [-0.05, 0) is 42.0 Å². The highest BCUT2D eigenvalue weighted by molar-refractivity contribution is 7.71. The van der Waals surface area contributed by atoms with Crippen LogP contribution in [0.25, 0.3) is 11.4 Å². The molecule has 0 saturated carbocycles. The Bertz CT molecular complexity index is 933. The lowest BCUT2D eigenvalue weighted by Gasteiger charge is -2.03. The van der Waals surface area contributed by atoms with Gasteiger partial charge >= 0.3 is 5.97 Å². The third-order valence-corrected chi connectivity index (χ3v) is 3.84. The van der Waals surface area contributed by atoms with Crippen molar-refractivity contribution in [2.75, 3.05) is 0 Å². The molecule has 0 unspecified atom stereocenters. The Morgan fingerprint density at radius 1 is 1.26 bits per heavy atom. The molecule has 2 N–H and O–H groups in total. The number of aromatic amines is 1. The van der Waals surface area contributed by atoms with Crippen LogP contribution in [0.3, 0.4) is 0 Å². The number of aromatic nitrogens is 3. The van der Waals surface area contributed by atoms with E-state index < -0.39 is 5.97 Å². The molecule has 1 heterocycles. The Morgan fingerprint density at radius 2 is 2.04 bits per heavy atom. The minimum Gasteiger partial charge on any atom is -0.478 e. The van der Waals surface area contributed by atoms with Gasteiger partial charge in [-0.1, -0.05) is 35.9 Å². The van der Waals surface area contributed by atoms with Crippen LogP contribution in [0.4, 0.5) is 0 Å². The van der Waals surface area contributed by atoms with Crippen LogP contribution in [0.1, 0.15) is 15.9 Å². The number of benzene rings is 2. The Morgan fingerprint density at radius 3 is 2.78 bits per heavy atom. The van der Waals surface area contributed by atoms with Crippen molar-refractivity contribution in [2.45, 2.75) is 6.54 Å². The van der Waals surface area contributed by atoms with Gasteiger partial charge in [-0.15, -0.1) is 0 Å². The summed E-state index contributed by atoms with van der Waals surface area (Å²) in [4.78, 5) is 15.4. The lowest BCUT2D eigenvalue weighted by Crippen LogP contribution is -2.02. The lowest BCUT2D eigenvalue weighted by molar-refractivity contribution is 0.0697. The summed E-state index contributed by atoms with van der Waals surface area (Å²) >= 11 is 11.2. The molecule has 0 atom stereocenters. The molecular weight excluding hydrogens is 334 g/mol. The van der Waals surface area contributed by atoms with Crippen molar-refractivity contribution < 1.29 is 9.90 Å². The summed E-state index contributed by atoms with van der Waals surface area (Å²) in [6.07, 6.45) is 0. The van der Waals surface area contributed by atoms with Gasteiger partial charge < -0.3 is 5.11 Å². The molecule has 0 bridgehead atoms. The highest BCUT2D eigenvalue weighted by Crippen LogP contribution is 2.18. The fourth-order valence-electron chi connectivity index (χ4n) is 2.21. The summed E-state index contributed by atoms with van der Waals surface area (Å²) in [5.41, 5.74) is 1.86. The second-order valence-corrected chi connectivity index (χ2v) is 5.76. The monoisotopic (exact) mass is 345 g/mol. The van der Waals surface area contributed by atoms with Crippen LogP contribution >= 0.6 is 23.8 Å². The first kappa shape index (κ1) is 15.5. The van der Waals surface area contributed by atoms with Crippen LogP contribution in [0.2, 0.25) is 5.02 Å². The zero-order chi connectivity index (χ0) is 16.4. The highest BCUT2D eigenvalue weighted by atomic mass is 35.5. The molecule has 3 aromatic rings. The van der Waals surface area contributed by atoms with Gasteiger partial charge in [0, 0.05) is 10.6 Å². The summed E-state index contributed by atoms with van der Waals surface area (Å²) in [5.74, 6) is -0.455. The van der Waals surface area contributed by atoms with Crippen molar-refractivity contribution in [2.24, 2.45) is 0 Å². The first-order valence-electron chi connectivity index (χ1n) is 6.78. The SMILES string of the molecule is O=C(O)c1cccc(-c2nc(=S)n(Cc3cccc(Cl)c3)[nH]2)c1. The van der Waals surface area contributed by atoms with Gasteiger partial charge in [-0.2, -0.15) is 4.98 Å². The van der Waals surface area contributed by atoms with E-state index in [2.05, 4.69) is 10.1 Å². The molecule has 5 nitrogen and oxygen atoms in total. The van der Waals surface area contributed by atoms with Gasteiger partial charge in [0.05, 0.1) is 12.1 Å². The number of rotatable bonds is 4. The molecule has 2 aromatic carbocycles. The fourth-order valence-corrected chi connectivity index (χ4v) is 2.62. The average Bonchev–Trinajstić information content (AvgIpc) is 2.88. The Hall–Kier alpha value is -2.44. The normalized spacial score (nSPS) is 10.7. The van der Waals surface area contributed by atoms with Gasteiger partial charge in [0.25, 0.3) is 0 Å². The maximum Gasteiger partial charge on any atom is 0.335 e. The first-order valence-corrected chi connectivity index (χ1v) is 7.56. The zero-order valence-electron chi connectivity index (χ0n) is 11.9. The molecular formula is C16H12ClN3O2S. The van der Waals surface area contributed by atoms with E-state index >= 15 is 0 Å². The number of H-pyrrole nitrogens is 1. The average molecular weight is 346 g/mol. The van der Waals surface area contributed by atoms with Gasteiger partial charge in [0.1, 0.15) is 0 Å². The van der Waals surface area contributed by atoms with Crippen LogP contribution in [0.15, 0.2) is 48.5 Å². The Labute approximate surface area is 142 Å². The zero-order valence-corrected chi connectivity index (χ0v) is 13.4. The summed E-state index contributed by atoms with van der Waals surface area (Å²) in [6.45, 7) is 0.505. The maximum absolute atomic E-state index is 11.1. The second kappa shape index (κ2) is 6.36. The summed E-state index contributed by atoms with van der Waals surface area (Å²) in [7, 11) is 0. The molecule has 0 amide bonds. The number of nitrogens with one attached hydrogen (secondary N) is 1. The number of carbonyl (C=O) groups is 1. The van der Waals surface area contributed by atoms with Gasteiger partial charge in [-0.3, -0.25) is 9.78 Å². The number of halogens is 1. The van der Waals surface area contributed by atoms with E-state index in [1.807, 2.05) is 18.2 Å².